The topological polar surface area (TPSA) is 43.8 Å². The summed E-state index contributed by atoms with van der Waals surface area (Å²) < 4.78 is 2.08. The number of nitrogens with zero attached hydrogens (tertiary/aromatic N) is 2. The van der Waals surface area contributed by atoms with Crippen LogP contribution in [-0.2, 0) is 6.54 Å². The standard InChI is InChI=1S/C12H15N3/c1-9-10(2)15(8-14-9)12-5-3-11(7-13)4-6-12/h3-6,8H,7,13H2,1-2H3. The van der Waals surface area contributed by atoms with E-state index in [1.807, 2.05) is 25.4 Å². The summed E-state index contributed by atoms with van der Waals surface area (Å²) in [5.74, 6) is 0. The van der Waals surface area contributed by atoms with Crippen molar-refractivity contribution in [3.8, 4) is 5.69 Å². The maximum absolute atomic E-state index is 5.55. The van der Waals surface area contributed by atoms with Crippen LogP contribution in [0.5, 0.6) is 0 Å². The van der Waals surface area contributed by atoms with Crippen LogP contribution in [0.4, 0.5) is 0 Å². The van der Waals surface area contributed by atoms with Crippen molar-refractivity contribution in [3.63, 3.8) is 0 Å². The molecule has 2 rings (SSSR count). The van der Waals surface area contributed by atoms with Crippen molar-refractivity contribution in [3.05, 3.63) is 47.5 Å². The zero-order valence-corrected chi connectivity index (χ0v) is 9.07. The van der Waals surface area contributed by atoms with Gasteiger partial charge in [-0.15, -0.1) is 0 Å². The van der Waals surface area contributed by atoms with E-state index in [-0.39, 0.29) is 0 Å². The summed E-state index contributed by atoms with van der Waals surface area (Å²) in [5, 5.41) is 0. The first kappa shape index (κ1) is 9.93. The largest absolute Gasteiger partial charge is 0.326 e. The fourth-order valence-corrected chi connectivity index (χ4v) is 1.55. The third-order valence-corrected chi connectivity index (χ3v) is 2.70. The van der Waals surface area contributed by atoms with Gasteiger partial charge in [-0.1, -0.05) is 12.1 Å². The quantitative estimate of drug-likeness (QED) is 0.807. The average Bonchev–Trinajstić information content (AvgIpc) is 2.60. The van der Waals surface area contributed by atoms with Gasteiger partial charge >= 0.3 is 0 Å². The Kier molecular flexibility index (Phi) is 2.56. The molecule has 1 heterocycles. The van der Waals surface area contributed by atoms with Crippen LogP contribution in [0, 0.1) is 13.8 Å². The molecule has 0 fully saturated rings. The van der Waals surface area contributed by atoms with E-state index in [0.29, 0.717) is 6.54 Å². The van der Waals surface area contributed by atoms with E-state index in [0.717, 1.165) is 16.9 Å². The first-order valence-corrected chi connectivity index (χ1v) is 5.02. The molecule has 0 radical (unpaired) electrons. The third kappa shape index (κ3) is 1.78. The van der Waals surface area contributed by atoms with E-state index in [9.17, 15) is 0 Å². The van der Waals surface area contributed by atoms with Crippen LogP contribution in [0.2, 0.25) is 0 Å². The van der Waals surface area contributed by atoms with Gasteiger partial charge in [-0.3, -0.25) is 0 Å². The average molecular weight is 201 g/mol. The van der Waals surface area contributed by atoms with Crippen molar-refractivity contribution < 1.29 is 0 Å². The Bertz CT molecular complexity index is 454. The predicted molar refractivity (Wildman–Crippen MR) is 60.9 cm³/mol. The lowest BCUT2D eigenvalue weighted by atomic mass is 10.2. The van der Waals surface area contributed by atoms with Gasteiger partial charge in [0, 0.05) is 17.9 Å². The summed E-state index contributed by atoms with van der Waals surface area (Å²) in [6, 6.07) is 8.22. The number of nitrogens with two attached hydrogens (primary N) is 1. The zero-order valence-electron chi connectivity index (χ0n) is 9.07. The van der Waals surface area contributed by atoms with Crippen LogP contribution in [0.3, 0.4) is 0 Å². The minimum Gasteiger partial charge on any atom is -0.326 e. The number of hydrogen-bond donors (Lipinski definition) is 1. The number of aryl methyl sites for hydroxylation is 1. The number of aromatic nitrogens is 2. The van der Waals surface area contributed by atoms with Crippen molar-refractivity contribution in [2.24, 2.45) is 5.73 Å². The summed E-state index contributed by atoms with van der Waals surface area (Å²) in [7, 11) is 0. The number of imidazole rings is 1. The first-order valence-electron chi connectivity index (χ1n) is 5.02. The smallest absolute Gasteiger partial charge is 0.0997 e. The van der Waals surface area contributed by atoms with Crippen LogP contribution in [0.25, 0.3) is 5.69 Å². The van der Waals surface area contributed by atoms with Gasteiger partial charge in [0.15, 0.2) is 0 Å². The molecule has 0 spiro atoms. The van der Waals surface area contributed by atoms with Crippen molar-refractivity contribution in [1.29, 1.82) is 0 Å². The molecular formula is C12H15N3. The molecule has 1 aromatic carbocycles. The summed E-state index contributed by atoms with van der Waals surface area (Å²) in [6.45, 7) is 4.67. The molecule has 1 aromatic heterocycles. The van der Waals surface area contributed by atoms with E-state index < -0.39 is 0 Å². The van der Waals surface area contributed by atoms with E-state index in [1.165, 1.54) is 5.69 Å². The second-order valence-electron chi connectivity index (χ2n) is 3.66. The van der Waals surface area contributed by atoms with Gasteiger partial charge in [0.25, 0.3) is 0 Å². The Morgan fingerprint density at radius 1 is 1.20 bits per heavy atom. The Balaban J connectivity index is 2.41. The lowest BCUT2D eigenvalue weighted by Crippen LogP contribution is -1.98. The SMILES string of the molecule is Cc1ncn(-c2ccc(CN)cc2)c1C. The van der Waals surface area contributed by atoms with Crippen LogP contribution in [0.1, 0.15) is 17.0 Å². The first-order chi connectivity index (χ1) is 7.22. The highest BCUT2D eigenvalue weighted by molar-refractivity contribution is 5.37. The Morgan fingerprint density at radius 3 is 2.33 bits per heavy atom. The van der Waals surface area contributed by atoms with Gasteiger partial charge in [0.1, 0.15) is 0 Å². The Labute approximate surface area is 89.6 Å². The maximum atomic E-state index is 5.55. The second kappa shape index (κ2) is 3.87. The number of benzene rings is 1. The van der Waals surface area contributed by atoms with Crippen LogP contribution in [-0.4, -0.2) is 9.55 Å². The lowest BCUT2D eigenvalue weighted by molar-refractivity contribution is 0.993. The molecule has 3 nitrogen and oxygen atoms in total. The van der Waals surface area contributed by atoms with E-state index >= 15 is 0 Å². The molecule has 0 atom stereocenters. The van der Waals surface area contributed by atoms with E-state index in [1.54, 1.807) is 0 Å². The van der Waals surface area contributed by atoms with Crippen molar-refractivity contribution in [1.82, 2.24) is 9.55 Å². The summed E-state index contributed by atoms with van der Waals surface area (Å²) in [6.07, 6.45) is 1.85. The van der Waals surface area contributed by atoms with Gasteiger partial charge < -0.3 is 10.3 Å². The van der Waals surface area contributed by atoms with Gasteiger partial charge in [0.2, 0.25) is 0 Å². The normalized spacial score (nSPS) is 10.6. The molecule has 0 bridgehead atoms. The molecule has 0 amide bonds. The minimum absolute atomic E-state index is 0.586. The van der Waals surface area contributed by atoms with Gasteiger partial charge in [-0.2, -0.15) is 0 Å². The fraction of sp³-hybridized carbons (Fsp3) is 0.250. The van der Waals surface area contributed by atoms with Crippen molar-refractivity contribution >= 4 is 0 Å². The van der Waals surface area contributed by atoms with E-state index in [2.05, 4.69) is 28.6 Å². The molecule has 0 unspecified atom stereocenters. The molecule has 0 aliphatic rings. The highest BCUT2D eigenvalue weighted by Crippen LogP contribution is 2.14. The molecule has 3 heteroatoms. The monoisotopic (exact) mass is 201 g/mol. The summed E-state index contributed by atoms with van der Waals surface area (Å²) in [5.41, 5.74) is 10.1. The predicted octanol–water partition coefficient (Wildman–Crippen LogP) is 1.95. The molecule has 15 heavy (non-hydrogen) atoms. The molecule has 0 aliphatic heterocycles. The van der Waals surface area contributed by atoms with Crippen molar-refractivity contribution in [2.45, 2.75) is 20.4 Å². The van der Waals surface area contributed by atoms with Gasteiger partial charge in [-0.25, -0.2) is 4.98 Å². The zero-order chi connectivity index (χ0) is 10.8. The molecule has 0 aliphatic carbocycles. The highest BCUT2D eigenvalue weighted by Gasteiger charge is 2.03. The maximum Gasteiger partial charge on any atom is 0.0997 e. The minimum atomic E-state index is 0.586. The molecule has 78 valence electrons. The molecule has 0 saturated heterocycles. The third-order valence-electron chi connectivity index (χ3n) is 2.70. The van der Waals surface area contributed by atoms with Gasteiger partial charge in [0.05, 0.1) is 12.0 Å². The summed E-state index contributed by atoms with van der Waals surface area (Å²) >= 11 is 0. The van der Waals surface area contributed by atoms with Crippen LogP contribution in [0.15, 0.2) is 30.6 Å². The van der Waals surface area contributed by atoms with Gasteiger partial charge in [-0.05, 0) is 31.5 Å². The lowest BCUT2D eigenvalue weighted by Gasteiger charge is -2.06. The fourth-order valence-electron chi connectivity index (χ4n) is 1.55. The Hall–Kier alpha value is -1.61. The van der Waals surface area contributed by atoms with Crippen LogP contribution < -0.4 is 5.73 Å². The second-order valence-corrected chi connectivity index (χ2v) is 3.66. The molecule has 2 aromatic rings. The van der Waals surface area contributed by atoms with Crippen LogP contribution >= 0.6 is 0 Å². The van der Waals surface area contributed by atoms with E-state index in [4.69, 9.17) is 5.73 Å². The molecule has 0 saturated carbocycles. The summed E-state index contributed by atoms with van der Waals surface area (Å²) in [4.78, 5) is 4.27. The van der Waals surface area contributed by atoms with Crippen molar-refractivity contribution in [2.75, 3.05) is 0 Å². The number of hydrogen-bond acceptors (Lipinski definition) is 2. The highest BCUT2D eigenvalue weighted by atomic mass is 15.1. The Morgan fingerprint density at radius 2 is 1.87 bits per heavy atom. The number of rotatable bonds is 2. The molecular weight excluding hydrogens is 186 g/mol. The molecule has 2 N–H and O–H groups in total.